The number of esters is 1. The highest BCUT2D eigenvalue weighted by Gasteiger charge is 2.24. The van der Waals surface area contributed by atoms with Gasteiger partial charge >= 0.3 is 5.97 Å². The molecule has 7 nitrogen and oxygen atoms in total. The van der Waals surface area contributed by atoms with E-state index in [1.54, 1.807) is 13.0 Å². The fourth-order valence-electron chi connectivity index (χ4n) is 2.34. The Kier molecular flexibility index (Phi) is 4.03. The van der Waals surface area contributed by atoms with Crippen LogP contribution in [0.1, 0.15) is 32.7 Å². The van der Waals surface area contributed by atoms with Crippen molar-refractivity contribution >= 4 is 11.7 Å². The third kappa shape index (κ3) is 2.46. The molecule has 112 valence electrons. The number of hydrogen-bond donors (Lipinski definition) is 1. The van der Waals surface area contributed by atoms with Crippen molar-refractivity contribution < 1.29 is 9.53 Å². The number of aromatic nitrogens is 1. The van der Waals surface area contributed by atoms with Gasteiger partial charge in [0.25, 0.3) is 0 Å². The number of aryl methyl sites for hydroxylation is 1. The molecule has 7 heteroatoms. The van der Waals surface area contributed by atoms with Crippen molar-refractivity contribution in [3.63, 3.8) is 0 Å². The first-order chi connectivity index (χ1) is 11.0. The fraction of sp³-hybridized carbons (Fsp3) is 0.125. The van der Waals surface area contributed by atoms with Gasteiger partial charge in [-0.15, -0.1) is 0 Å². The summed E-state index contributed by atoms with van der Waals surface area (Å²) in [4.78, 5) is 12.0. The van der Waals surface area contributed by atoms with Gasteiger partial charge in [0.1, 0.15) is 12.1 Å². The van der Waals surface area contributed by atoms with Crippen molar-refractivity contribution in [3.8, 4) is 23.9 Å². The maximum absolute atomic E-state index is 12.0. The maximum atomic E-state index is 12.0. The van der Waals surface area contributed by atoms with Gasteiger partial charge in [0, 0.05) is 6.20 Å². The summed E-state index contributed by atoms with van der Waals surface area (Å²) in [6, 6.07) is 8.85. The van der Waals surface area contributed by atoms with Crippen LogP contribution >= 0.6 is 0 Å². The number of ether oxygens (including phenoxy) is 1. The summed E-state index contributed by atoms with van der Waals surface area (Å²) in [6.45, 7) is 1.69. The first kappa shape index (κ1) is 15.6. The van der Waals surface area contributed by atoms with E-state index in [0.29, 0.717) is 16.8 Å². The first-order valence-corrected chi connectivity index (χ1v) is 6.42. The molecule has 0 saturated heterocycles. The van der Waals surface area contributed by atoms with Gasteiger partial charge in [-0.25, -0.2) is 4.79 Å². The predicted molar refractivity (Wildman–Crippen MR) is 80.4 cm³/mol. The predicted octanol–water partition coefficient (Wildman–Crippen LogP) is 1.77. The second-order valence-electron chi connectivity index (χ2n) is 4.69. The summed E-state index contributed by atoms with van der Waals surface area (Å²) in [6.07, 6.45) is 1.37. The molecule has 1 aromatic heterocycles. The Morgan fingerprint density at radius 3 is 2.35 bits per heavy atom. The quantitative estimate of drug-likeness (QED) is 0.842. The van der Waals surface area contributed by atoms with Gasteiger partial charge in [0.2, 0.25) is 0 Å². The van der Waals surface area contributed by atoms with E-state index in [9.17, 15) is 10.1 Å². The molecule has 0 unspecified atom stereocenters. The molecular weight excluding hydrogens is 294 g/mol. The second-order valence-corrected chi connectivity index (χ2v) is 4.69. The third-order valence-corrected chi connectivity index (χ3v) is 3.33. The number of carbonyl (C=O) groups excluding carboxylic acids is 1. The van der Waals surface area contributed by atoms with E-state index in [2.05, 4.69) is 0 Å². The Balaban J connectivity index is 2.89. The maximum Gasteiger partial charge on any atom is 0.357 e. The normalized spacial score (nSPS) is 9.52. The third-order valence-electron chi connectivity index (χ3n) is 3.33. The molecule has 23 heavy (non-hydrogen) atoms. The number of anilines is 1. The Morgan fingerprint density at radius 2 is 1.83 bits per heavy atom. The van der Waals surface area contributed by atoms with E-state index in [0.717, 1.165) is 0 Å². The van der Waals surface area contributed by atoms with E-state index < -0.39 is 5.97 Å². The molecule has 1 aromatic carbocycles. The monoisotopic (exact) mass is 305 g/mol. The van der Waals surface area contributed by atoms with E-state index in [4.69, 9.17) is 21.0 Å². The average Bonchev–Trinajstić information content (AvgIpc) is 2.89. The lowest BCUT2D eigenvalue weighted by atomic mass is 10.0. The lowest BCUT2D eigenvalue weighted by Crippen LogP contribution is -2.13. The number of benzene rings is 1. The molecule has 0 aliphatic rings. The largest absolute Gasteiger partial charge is 0.464 e. The van der Waals surface area contributed by atoms with Crippen LogP contribution in [0.15, 0.2) is 18.3 Å². The van der Waals surface area contributed by atoms with Gasteiger partial charge in [-0.2, -0.15) is 15.8 Å². The van der Waals surface area contributed by atoms with Gasteiger partial charge in [-0.05, 0) is 24.6 Å². The van der Waals surface area contributed by atoms with Crippen molar-refractivity contribution in [2.75, 3.05) is 12.8 Å². The van der Waals surface area contributed by atoms with Crippen LogP contribution in [0.3, 0.4) is 0 Å². The van der Waals surface area contributed by atoms with Crippen LogP contribution in [0, 0.1) is 40.9 Å². The highest BCUT2D eigenvalue weighted by Crippen LogP contribution is 2.29. The Labute approximate surface area is 132 Å². The van der Waals surface area contributed by atoms with Crippen LogP contribution in [-0.2, 0) is 4.74 Å². The van der Waals surface area contributed by atoms with Crippen molar-refractivity contribution in [1.82, 2.24) is 4.57 Å². The van der Waals surface area contributed by atoms with Gasteiger partial charge in [0.05, 0.1) is 41.2 Å². The second kappa shape index (κ2) is 5.93. The van der Waals surface area contributed by atoms with E-state index in [1.807, 2.05) is 18.2 Å². The minimum atomic E-state index is -0.725. The van der Waals surface area contributed by atoms with Crippen molar-refractivity contribution in [3.05, 3.63) is 46.3 Å². The first-order valence-electron chi connectivity index (χ1n) is 6.42. The van der Waals surface area contributed by atoms with Crippen molar-refractivity contribution in [2.45, 2.75) is 6.92 Å². The fourth-order valence-corrected chi connectivity index (χ4v) is 2.34. The lowest BCUT2D eigenvalue weighted by Gasteiger charge is -2.13. The zero-order valence-corrected chi connectivity index (χ0v) is 12.4. The summed E-state index contributed by atoms with van der Waals surface area (Å²) in [5.74, 6) is -0.725. The molecule has 0 amide bonds. The van der Waals surface area contributed by atoms with Crippen LogP contribution in [0.4, 0.5) is 5.69 Å². The molecule has 0 atom stereocenters. The molecule has 0 spiro atoms. The van der Waals surface area contributed by atoms with Gasteiger partial charge in [0.15, 0.2) is 5.69 Å². The molecule has 0 fully saturated rings. The highest BCUT2D eigenvalue weighted by molar-refractivity contribution is 5.96. The number of carbonyl (C=O) groups is 1. The molecule has 2 rings (SSSR count). The highest BCUT2D eigenvalue weighted by atomic mass is 16.5. The van der Waals surface area contributed by atoms with Crippen LogP contribution < -0.4 is 5.73 Å². The summed E-state index contributed by atoms with van der Waals surface area (Å²) in [7, 11) is 1.20. The Morgan fingerprint density at radius 1 is 1.17 bits per heavy atom. The molecule has 0 saturated carbocycles. The number of hydrogen-bond acceptors (Lipinski definition) is 6. The van der Waals surface area contributed by atoms with Crippen LogP contribution in [0.25, 0.3) is 5.69 Å². The molecule has 0 aliphatic carbocycles. The van der Waals surface area contributed by atoms with E-state index in [1.165, 1.54) is 23.9 Å². The van der Waals surface area contributed by atoms with E-state index >= 15 is 0 Å². The minimum absolute atomic E-state index is 0.0213. The number of methoxy groups -OCH3 is 1. The standard InChI is InChI=1S/C16H11N5O2/c1-9-3-10(5-17)4-11(6-18)14(9)21-8-12(7-19)13(20)15(21)16(22)23-2/h3-4,8H,20H2,1-2H3. The number of nitrogens with two attached hydrogens (primary N) is 1. The van der Waals surface area contributed by atoms with Crippen molar-refractivity contribution in [1.29, 1.82) is 15.8 Å². The number of nitrogen functional groups attached to an aromatic ring is 1. The topological polar surface area (TPSA) is 129 Å². The molecular formula is C16H11N5O2. The Bertz CT molecular complexity index is 935. The summed E-state index contributed by atoms with van der Waals surface area (Å²) in [5.41, 5.74) is 7.36. The van der Waals surface area contributed by atoms with Gasteiger partial charge < -0.3 is 15.0 Å². The number of nitriles is 3. The van der Waals surface area contributed by atoms with Gasteiger partial charge in [-0.3, -0.25) is 0 Å². The average molecular weight is 305 g/mol. The van der Waals surface area contributed by atoms with Crippen LogP contribution in [0.2, 0.25) is 0 Å². The SMILES string of the molecule is COC(=O)c1c(N)c(C#N)cn1-c1c(C)cc(C#N)cc1C#N. The number of rotatable bonds is 2. The molecule has 0 bridgehead atoms. The molecule has 2 N–H and O–H groups in total. The van der Waals surface area contributed by atoms with Crippen LogP contribution in [-0.4, -0.2) is 17.6 Å². The van der Waals surface area contributed by atoms with E-state index in [-0.39, 0.29) is 22.5 Å². The molecule has 2 aromatic rings. The molecule has 0 radical (unpaired) electrons. The summed E-state index contributed by atoms with van der Waals surface area (Å²) < 4.78 is 6.07. The minimum Gasteiger partial charge on any atom is -0.464 e. The molecule has 1 heterocycles. The molecule has 0 aliphatic heterocycles. The van der Waals surface area contributed by atoms with Crippen LogP contribution in [0.5, 0.6) is 0 Å². The Hall–Kier alpha value is -3.76. The zero-order valence-electron chi connectivity index (χ0n) is 12.4. The summed E-state index contributed by atoms with van der Waals surface area (Å²) >= 11 is 0. The lowest BCUT2D eigenvalue weighted by molar-refractivity contribution is 0.0593. The zero-order chi connectivity index (χ0) is 17.1. The van der Waals surface area contributed by atoms with Gasteiger partial charge in [-0.1, -0.05) is 0 Å². The smallest absolute Gasteiger partial charge is 0.357 e. The summed E-state index contributed by atoms with van der Waals surface area (Å²) in [5, 5.41) is 27.5. The van der Waals surface area contributed by atoms with Crippen molar-refractivity contribution in [2.24, 2.45) is 0 Å². The number of nitrogens with zero attached hydrogens (tertiary/aromatic N) is 4.